The SMILES string of the molecule is CC(C)OCCCNC(=O)c1c(N)n(/N=C\c2ccc(Cl)c(Cl)c2)c2nc3ccccc3nc12. The van der Waals surface area contributed by atoms with Gasteiger partial charge in [-0.2, -0.15) is 9.78 Å². The Kier molecular flexibility index (Phi) is 7.31. The third-order valence-corrected chi connectivity index (χ3v) is 5.76. The van der Waals surface area contributed by atoms with Crippen LogP contribution >= 0.6 is 23.2 Å². The molecule has 176 valence electrons. The van der Waals surface area contributed by atoms with Crippen LogP contribution in [-0.2, 0) is 4.74 Å². The highest BCUT2D eigenvalue weighted by Crippen LogP contribution is 2.28. The lowest BCUT2D eigenvalue weighted by Gasteiger charge is -2.08. The first-order chi connectivity index (χ1) is 16.3. The zero-order chi connectivity index (χ0) is 24.2. The molecule has 0 aliphatic carbocycles. The number of nitrogens with two attached hydrogens (primary N) is 1. The Morgan fingerprint density at radius 2 is 1.91 bits per heavy atom. The molecule has 8 nitrogen and oxygen atoms in total. The Bertz CT molecular complexity index is 1380. The predicted octanol–water partition coefficient (Wildman–Crippen LogP) is 4.90. The number of rotatable bonds is 8. The van der Waals surface area contributed by atoms with Crippen LogP contribution in [0.1, 0.15) is 36.2 Å². The van der Waals surface area contributed by atoms with Gasteiger partial charge in [-0.3, -0.25) is 4.79 Å². The number of anilines is 1. The van der Waals surface area contributed by atoms with Gasteiger partial charge in [-0.1, -0.05) is 41.4 Å². The number of benzene rings is 2. The largest absolute Gasteiger partial charge is 0.383 e. The van der Waals surface area contributed by atoms with E-state index in [1.165, 1.54) is 4.68 Å². The minimum Gasteiger partial charge on any atom is -0.383 e. The van der Waals surface area contributed by atoms with Gasteiger partial charge in [0.25, 0.3) is 5.91 Å². The quantitative estimate of drug-likeness (QED) is 0.265. The molecule has 3 N–H and O–H groups in total. The summed E-state index contributed by atoms with van der Waals surface area (Å²) in [5.41, 5.74) is 9.40. The zero-order valence-electron chi connectivity index (χ0n) is 18.8. The van der Waals surface area contributed by atoms with Gasteiger partial charge in [-0.05, 0) is 50.1 Å². The maximum Gasteiger partial charge on any atom is 0.257 e. The first-order valence-corrected chi connectivity index (χ1v) is 11.6. The van der Waals surface area contributed by atoms with Gasteiger partial charge in [0.05, 0.1) is 33.4 Å². The van der Waals surface area contributed by atoms with Crippen molar-refractivity contribution in [3.05, 3.63) is 63.6 Å². The molecule has 0 aliphatic rings. The van der Waals surface area contributed by atoms with E-state index in [1.54, 1.807) is 24.4 Å². The average molecular weight is 499 g/mol. The molecular formula is C24H24Cl2N6O2. The second-order valence-corrected chi connectivity index (χ2v) is 8.72. The molecule has 0 spiro atoms. The van der Waals surface area contributed by atoms with E-state index in [2.05, 4.69) is 20.4 Å². The second-order valence-electron chi connectivity index (χ2n) is 7.90. The number of nitrogen functional groups attached to an aromatic ring is 1. The molecule has 0 radical (unpaired) electrons. The molecule has 0 aliphatic heterocycles. The maximum absolute atomic E-state index is 13.1. The summed E-state index contributed by atoms with van der Waals surface area (Å²) in [6.07, 6.45) is 2.38. The first-order valence-electron chi connectivity index (χ1n) is 10.8. The molecule has 0 bridgehead atoms. The molecule has 10 heteroatoms. The number of aromatic nitrogens is 3. The average Bonchev–Trinajstić information content (AvgIpc) is 3.07. The van der Waals surface area contributed by atoms with Crippen molar-refractivity contribution in [1.29, 1.82) is 0 Å². The van der Waals surface area contributed by atoms with Gasteiger partial charge >= 0.3 is 0 Å². The van der Waals surface area contributed by atoms with Crippen LogP contribution in [0.3, 0.4) is 0 Å². The number of hydrogen-bond acceptors (Lipinski definition) is 6. The lowest BCUT2D eigenvalue weighted by atomic mass is 10.2. The third kappa shape index (κ3) is 5.14. The summed E-state index contributed by atoms with van der Waals surface area (Å²) in [6.45, 7) is 4.92. The van der Waals surface area contributed by atoms with Crippen LogP contribution in [0.25, 0.3) is 22.2 Å². The van der Waals surface area contributed by atoms with Gasteiger partial charge in [0.15, 0.2) is 5.65 Å². The number of carbonyl (C=O) groups is 1. The number of nitrogens with one attached hydrogen (secondary N) is 1. The topological polar surface area (TPSA) is 107 Å². The van der Waals surface area contributed by atoms with Crippen molar-refractivity contribution in [2.75, 3.05) is 18.9 Å². The van der Waals surface area contributed by atoms with Crippen LogP contribution in [0.4, 0.5) is 5.82 Å². The number of nitrogens with zero attached hydrogens (tertiary/aromatic N) is 4. The van der Waals surface area contributed by atoms with Crippen molar-refractivity contribution in [3.63, 3.8) is 0 Å². The Balaban J connectivity index is 1.72. The minimum absolute atomic E-state index is 0.137. The Morgan fingerprint density at radius 3 is 2.62 bits per heavy atom. The fourth-order valence-electron chi connectivity index (χ4n) is 3.39. The molecule has 0 saturated heterocycles. The van der Waals surface area contributed by atoms with E-state index in [1.807, 2.05) is 38.1 Å². The standard InChI is InChI=1S/C24H24Cl2N6O2/c1-14(2)34-11-5-10-28-24(33)20-21-23(31-19-7-4-3-6-18(19)30-21)32(22(20)27)29-13-15-8-9-16(25)17(26)12-15/h3-4,6-9,12-14H,5,10-11,27H2,1-2H3,(H,28,33)/b29-13-. The number of fused-ring (bicyclic) bond motifs is 2. The summed E-state index contributed by atoms with van der Waals surface area (Å²) in [5, 5.41) is 8.22. The van der Waals surface area contributed by atoms with E-state index in [0.29, 0.717) is 57.4 Å². The molecule has 0 fully saturated rings. The monoisotopic (exact) mass is 498 g/mol. The molecule has 4 rings (SSSR count). The number of amides is 1. The van der Waals surface area contributed by atoms with Crippen molar-refractivity contribution in [2.24, 2.45) is 5.10 Å². The molecule has 4 aromatic rings. The molecule has 2 aromatic carbocycles. The molecule has 2 heterocycles. The van der Waals surface area contributed by atoms with E-state index in [4.69, 9.17) is 33.7 Å². The predicted molar refractivity (Wildman–Crippen MR) is 137 cm³/mol. The van der Waals surface area contributed by atoms with Crippen LogP contribution < -0.4 is 11.1 Å². The summed E-state index contributed by atoms with van der Waals surface area (Å²) in [7, 11) is 0. The fourth-order valence-corrected chi connectivity index (χ4v) is 3.69. The van der Waals surface area contributed by atoms with Crippen molar-refractivity contribution >= 4 is 63.3 Å². The molecule has 34 heavy (non-hydrogen) atoms. The van der Waals surface area contributed by atoms with Gasteiger partial charge in [0.1, 0.15) is 16.9 Å². The number of halogens is 2. The Morgan fingerprint density at radius 1 is 1.18 bits per heavy atom. The number of carbonyl (C=O) groups excluding carboxylic acids is 1. The van der Waals surface area contributed by atoms with Crippen LogP contribution in [0, 0.1) is 0 Å². The van der Waals surface area contributed by atoms with Gasteiger partial charge < -0.3 is 15.8 Å². The summed E-state index contributed by atoms with van der Waals surface area (Å²) >= 11 is 12.1. The van der Waals surface area contributed by atoms with Crippen LogP contribution in [0.5, 0.6) is 0 Å². The third-order valence-electron chi connectivity index (χ3n) is 5.02. The molecule has 2 aromatic heterocycles. The lowest BCUT2D eigenvalue weighted by molar-refractivity contribution is 0.0757. The summed E-state index contributed by atoms with van der Waals surface area (Å²) in [6, 6.07) is 12.5. The highest BCUT2D eigenvalue weighted by molar-refractivity contribution is 6.42. The van der Waals surface area contributed by atoms with E-state index in [0.717, 1.165) is 0 Å². The van der Waals surface area contributed by atoms with Crippen LogP contribution in [-0.4, -0.2) is 46.0 Å². The number of para-hydroxylation sites is 2. The minimum atomic E-state index is -0.347. The maximum atomic E-state index is 13.1. The summed E-state index contributed by atoms with van der Waals surface area (Å²) < 4.78 is 6.94. The van der Waals surface area contributed by atoms with Crippen molar-refractivity contribution in [2.45, 2.75) is 26.4 Å². The summed E-state index contributed by atoms with van der Waals surface area (Å²) in [5.74, 6) is -0.210. The second kappa shape index (κ2) is 10.4. The van der Waals surface area contributed by atoms with Crippen LogP contribution in [0.15, 0.2) is 47.6 Å². The number of hydrogen-bond donors (Lipinski definition) is 2. The Labute approximate surface area is 206 Å². The molecule has 0 atom stereocenters. The van der Waals surface area contributed by atoms with Crippen molar-refractivity contribution in [3.8, 4) is 0 Å². The zero-order valence-corrected chi connectivity index (χ0v) is 20.3. The van der Waals surface area contributed by atoms with Gasteiger partial charge in [-0.25, -0.2) is 9.97 Å². The van der Waals surface area contributed by atoms with Crippen molar-refractivity contribution < 1.29 is 9.53 Å². The molecule has 1 amide bonds. The first kappa shape index (κ1) is 23.9. The van der Waals surface area contributed by atoms with E-state index < -0.39 is 0 Å². The van der Waals surface area contributed by atoms with E-state index in [9.17, 15) is 4.79 Å². The van der Waals surface area contributed by atoms with Gasteiger partial charge in [0, 0.05) is 13.2 Å². The fraction of sp³-hybridized carbons (Fsp3) is 0.250. The molecule has 0 unspecified atom stereocenters. The highest BCUT2D eigenvalue weighted by Gasteiger charge is 2.23. The van der Waals surface area contributed by atoms with E-state index >= 15 is 0 Å². The van der Waals surface area contributed by atoms with Crippen molar-refractivity contribution in [1.82, 2.24) is 20.0 Å². The van der Waals surface area contributed by atoms with Crippen LogP contribution in [0.2, 0.25) is 10.0 Å². The van der Waals surface area contributed by atoms with Gasteiger partial charge in [-0.15, -0.1) is 0 Å². The number of ether oxygens (including phenoxy) is 1. The highest BCUT2D eigenvalue weighted by atomic mass is 35.5. The molecular weight excluding hydrogens is 475 g/mol. The van der Waals surface area contributed by atoms with Gasteiger partial charge in [0.2, 0.25) is 0 Å². The molecule has 0 saturated carbocycles. The smallest absolute Gasteiger partial charge is 0.257 e. The lowest BCUT2D eigenvalue weighted by Crippen LogP contribution is -2.26. The summed E-state index contributed by atoms with van der Waals surface area (Å²) in [4.78, 5) is 22.4. The Hall–Kier alpha value is -3.20. The normalized spacial score (nSPS) is 11.8. The van der Waals surface area contributed by atoms with E-state index in [-0.39, 0.29) is 23.4 Å².